The van der Waals surface area contributed by atoms with Crippen LogP contribution in [0.5, 0.6) is 0 Å². The minimum atomic E-state index is -0.991. The zero-order valence-electron chi connectivity index (χ0n) is 8.99. The maximum atomic E-state index is 11.6. The number of hydrogen-bond acceptors (Lipinski definition) is 5. The maximum absolute atomic E-state index is 11.6. The van der Waals surface area contributed by atoms with Crippen molar-refractivity contribution in [2.45, 2.75) is 0 Å². The molecular formula is C11H8N2O3S2. The van der Waals surface area contributed by atoms with Crippen molar-refractivity contribution in [3.63, 3.8) is 0 Å². The number of carboxylic acids is 1. The molecule has 1 aromatic rings. The predicted octanol–water partition coefficient (Wildman–Crippen LogP) is 1.46. The molecule has 0 bridgehead atoms. The average Bonchev–Trinajstić information content (AvgIpc) is 2.58. The molecule has 1 aliphatic heterocycles. The lowest BCUT2D eigenvalue weighted by atomic mass is 10.1. The van der Waals surface area contributed by atoms with E-state index in [1.807, 2.05) is 0 Å². The normalized spacial score (nSPS) is 17.6. The van der Waals surface area contributed by atoms with Gasteiger partial charge in [0.15, 0.2) is 4.32 Å². The first kappa shape index (κ1) is 12.7. The summed E-state index contributed by atoms with van der Waals surface area (Å²) in [6.07, 6.45) is 1.62. The minimum Gasteiger partial charge on any atom is -0.478 e. The lowest BCUT2D eigenvalue weighted by molar-refractivity contribution is -0.122. The first-order chi connectivity index (χ1) is 8.49. The van der Waals surface area contributed by atoms with Crippen LogP contribution < -0.4 is 5.84 Å². The number of carbonyl (C=O) groups excluding carboxylic acids is 1. The zero-order chi connectivity index (χ0) is 13.3. The largest absolute Gasteiger partial charge is 0.478 e. The fraction of sp³-hybridized carbons (Fsp3) is 0. The quantitative estimate of drug-likeness (QED) is 0.369. The molecule has 7 heteroatoms. The smallest absolute Gasteiger partial charge is 0.335 e. The number of nitrogens with two attached hydrogens (primary N) is 1. The van der Waals surface area contributed by atoms with E-state index in [2.05, 4.69) is 0 Å². The van der Waals surface area contributed by atoms with Gasteiger partial charge >= 0.3 is 5.97 Å². The number of hydrazine groups is 1. The first-order valence-corrected chi connectivity index (χ1v) is 6.07. The van der Waals surface area contributed by atoms with E-state index in [0.29, 0.717) is 14.8 Å². The van der Waals surface area contributed by atoms with E-state index >= 15 is 0 Å². The van der Waals surface area contributed by atoms with E-state index < -0.39 is 5.97 Å². The highest BCUT2D eigenvalue weighted by Crippen LogP contribution is 2.30. The Morgan fingerprint density at radius 1 is 1.39 bits per heavy atom. The van der Waals surface area contributed by atoms with Crippen molar-refractivity contribution < 1.29 is 14.7 Å². The van der Waals surface area contributed by atoms with Gasteiger partial charge in [0.1, 0.15) is 0 Å². The predicted molar refractivity (Wildman–Crippen MR) is 72.6 cm³/mol. The molecule has 1 amide bonds. The number of thiocarbonyl (C=S) groups is 1. The molecule has 1 heterocycles. The van der Waals surface area contributed by atoms with Crippen LogP contribution in [0, 0.1) is 0 Å². The SMILES string of the molecule is NN1C(=O)/C(=C/c2ccc(C(=O)O)cc2)SC1=S. The van der Waals surface area contributed by atoms with Crippen molar-refractivity contribution >= 4 is 46.3 Å². The number of nitrogens with zero attached hydrogens (tertiary/aromatic N) is 1. The Balaban J connectivity index is 2.26. The maximum Gasteiger partial charge on any atom is 0.335 e. The highest BCUT2D eigenvalue weighted by atomic mass is 32.2. The highest BCUT2D eigenvalue weighted by molar-refractivity contribution is 8.26. The third-order valence-electron chi connectivity index (χ3n) is 2.28. The van der Waals surface area contributed by atoms with Gasteiger partial charge in [0.25, 0.3) is 5.91 Å². The number of rotatable bonds is 2. The van der Waals surface area contributed by atoms with Gasteiger partial charge in [0.05, 0.1) is 10.5 Å². The molecule has 0 radical (unpaired) electrons. The molecule has 1 saturated heterocycles. The number of aromatic carboxylic acids is 1. The summed E-state index contributed by atoms with van der Waals surface area (Å²) in [6, 6.07) is 6.17. The summed E-state index contributed by atoms with van der Waals surface area (Å²) in [4.78, 5) is 22.7. The van der Waals surface area contributed by atoms with Crippen molar-refractivity contribution in [1.29, 1.82) is 0 Å². The molecule has 5 nitrogen and oxygen atoms in total. The van der Waals surface area contributed by atoms with Crippen LogP contribution in [-0.4, -0.2) is 26.3 Å². The van der Waals surface area contributed by atoms with Gasteiger partial charge in [-0.25, -0.2) is 15.6 Å². The van der Waals surface area contributed by atoms with Gasteiger partial charge in [-0.3, -0.25) is 4.79 Å². The second kappa shape index (κ2) is 4.89. The number of carbonyl (C=O) groups is 2. The van der Waals surface area contributed by atoms with Crippen molar-refractivity contribution in [3.8, 4) is 0 Å². The zero-order valence-corrected chi connectivity index (χ0v) is 10.6. The summed E-state index contributed by atoms with van der Waals surface area (Å²) in [7, 11) is 0. The molecule has 1 fully saturated rings. The fourth-order valence-electron chi connectivity index (χ4n) is 1.35. The van der Waals surface area contributed by atoms with Crippen LogP contribution in [0.3, 0.4) is 0 Å². The number of benzene rings is 1. The standard InChI is InChI=1S/C11H8N2O3S2/c12-13-9(14)8(18-11(13)17)5-6-1-3-7(4-2-6)10(15)16/h1-5H,12H2,(H,15,16)/b8-5-. The number of carboxylic acid groups (broad SMARTS) is 1. The Morgan fingerprint density at radius 2 is 2.00 bits per heavy atom. The Labute approximate surface area is 112 Å². The molecule has 0 atom stereocenters. The Bertz CT molecular complexity index is 566. The van der Waals surface area contributed by atoms with E-state index in [9.17, 15) is 9.59 Å². The van der Waals surface area contributed by atoms with Gasteiger partial charge in [-0.05, 0) is 23.8 Å². The lowest BCUT2D eigenvalue weighted by Gasteiger charge is -2.03. The van der Waals surface area contributed by atoms with Crippen LogP contribution in [0.1, 0.15) is 15.9 Å². The van der Waals surface area contributed by atoms with E-state index in [0.717, 1.165) is 16.8 Å². The van der Waals surface area contributed by atoms with E-state index in [1.54, 1.807) is 18.2 Å². The van der Waals surface area contributed by atoms with Gasteiger partial charge in [-0.1, -0.05) is 36.1 Å². The Kier molecular flexibility index (Phi) is 3.46. The van der Waals surface area contributed by atoms with Crippen molar-refractivity contribution in [1.82, 2.24) is 5.01 Å². The summed E-state index contributed by atoms with van der Waals surface area (Å²) >= 11 is 6.01. The molecule has 2 rings (SSSR count). The molecule has 18 heavy (non-hydrogen) atoms. The molecule has 0 saturated carbocycles. The number of hydrogen-bond donors (Lipinski definition) is 2. The summed E-state index contributed by atoms with van der Waals surface area (Å²) < 4.78 is 0.299. The number of thioether (sulfide) groups is 1. The summed E-state index contributed by atoms with van der Waals surface area (Å²) in [5.41, 5.74) is 0.910. The second-order valence-electron chi connectivity index (χ2n) is 3.48. The van der Waals surface area contributed by atoms with E-state index in [4.69, 9.17) is 23.2 Å². The monoisotopic (exact) mass is 280 g/mol. The van der Waals surface area contributed by atoms with Crippen LogP contribution in [0.15, 0.2) is 29.2 Å². The molecule has 3 N–H and O–H groups in total. The third-order valence-corrected chi connectivity index (χ3v) is 3.61. The molecule has 92 valence electrons. The van der Waals surface area contributed by atoms with Gasteiger partial charge in [-0.2, -0.15) is 0 Å². The van der Waals surface area contributed by atoms with Crippen LogP contribution in [-0.2, 0) is 4.79 Å². The third kappa shape index (κ3) is 2.42. The van der Waals surface area contributed by atoms with Gasteiger partial charge in [0.2, 0.25) is 0 Å². The highest BCUT2D eigenvalue weighted by Gasteiger charge is 2.29. The van der Waals surface area contributed by atoms with E-state index in [-0.39, 0.29) is 11.5 Å². The Hall–Kier alpha value is -1.70. The van der Waals surface area contributed by atoms with Crippen LogP contribution >= 0.6 is 24.0 Å². The van der Waals surface area contributed by atoms with E-state index in [1.165, 1.54) is 12.1 Å². The lowest BCUT2D eigenvalue weighted by Crippen LogP contribution is -2.34. The topological polar surface area (TPSA) is 83.6 Å². The Morgan fingerprint density at radius 3 is 2.44 bits per heavy atom. The molecule has 0 unspecified atom stereocenters. The first-order valence-electron chi connectivity index (χ1n) is 4.85. The second-order valence-corrected chi connectivity index (χ2v) is 5.15. The van der Waals surface area contributed by atoms with Crippen molar-refractivity contribution in [3.05, 3.63) is 40.3 Å². The van der Waals surface area contributed by atoms with Crippen LogP contribution in [0.25, 0.3) is 6.08 Å². The van der Waals surface area contributed by atoms with Gasteiger partial charge in [0, 0.05) is 0 Å². The summed E-state index contributed by atoms with van der Waals surface area (Å²) in [6.45, 7) is 0. The van der Waals surface area contributed by atoms with Crippen LogP contribution in [0.2, 0.25) is 0 Å². The average molecular weight is 280 g/mol. The fourth-order valence-corrected chi connectivity index (χ4v) is 2.46. The molecule has 1 aliphatic rings. The summed E-state index contributed by atoms with van der Waals surface area (Å²) in [5, 5.41) is 9.67. The molecule has 0 aliphatic carbocycles. The molecular weight excluding hydrogens is 272 g/mol. The summed E-state index contributed by atoms with van der Waals surface area (Å²) in [5.74, 6) is 4.09. The molecule has 0 spiro atoms. The van der Waals surface area contributed by atoms with Crippen LogP contribution in [0.4, 0.5) is 0 Å². The minimum absolute atomic E-state index is 0.193. The number of amides is 1. The van der Waals surface area contributed by atoms with Gasteiger partial charge < -0.3 is 5.11 Å². The molecule has 1 aromatic carbocycles. The van der Waals surface area contributed by atoms with Crippen molar-refractivity contribution in [2.24, 2.45) is 5.84 Å². The van der Waals surface area contributed by atoms with Crippen molar-refractivity contribution in [2.75, 3.05) is 0 Å². The molecule has 0 aromatic heterocycles. The van der Waals surface area contributed by atoms with Gasteiger partial charge in [-0.15, -0.1) is 0 Å².